The number of phosphoric ester groups is 1. The van der Waals surface area contributed by atoms with Gasteiger partial charge < -0.3 is 25.3 Å². The second kappa shape index (κ2) is 12.6. The number of aromatic nitrogens is 4. The second-order valence-electron chi connectivity index (χ2n) is 10.0. The van der Waals surface area contributed by atoms with Crippen molar-refractivity contribution >= 4 is 59.5 Å². The molecule has 0 bridgehead atoms. The molecule has 15 nitrogen and oxygen atoms in total. The molecule has 228 valence electrons. The molecule has 41 heavy (non-hydrogen) atoms. The van der Waals surface area contributed by atoms with Crippen molar-refractivity contribution < 1.29 is 41.9 Å². The number of nitrogens with zero attached hydrogens (tertiary/aromatic N) is 4. The molecule has 2 saturated heterocycles. The van der Waals surface area contributed by atoms with E-state index in [4.69, 9.17) is 45.1 Å². The lowest BCUT2D eigenvalue weighted by molar-refractivity contribution is -0.117. The Kier molecular flexibility index (Phi) is 9.73. The summed E-state index contributed by atoms with van der Waals surface area (Å²) in [7, 11) is -4.03. The third kappa shape index (κ3) is 6.90. The second-order valence-corrected chi connectivity index (χ2v) is 13.5. The summed E-state index contributed by atoms with van der Waals surface area (Å²) in [6, 6.07) is 0. The molecule has 18 heteroatoms. The van der Waals surface area contributed by atoms with Crippen LogP contribution in [0.15, 0.2) is 6.33 Å². The molecule has 2 aromatic rings. The topological polar surface area (TPSA) is 188 Å². The highest BCUT2D eigenvalue weighted by Gasteiger charge is 2.60. The Hall–Kier alpha value is -2.20. The fourth-order valence-electron chi connectivity index (χ4n) is 4.25. The van der Waals surface area contributed by atoms with Crippen LogP contribution in [-0.2, 0) is 32.4 Å². The number of fused-ring (bicyclic) bond motifs is 2. The fraction of sp³-hybridized carbons (Fsp3) is 0.696. The number of carbonyl (C=O) groups is 2. The van der Waals surface area contributed by atoms with Crippen LogP contribution in [0.25, 0.3) is 11.2 Å². The number of amides is 1. The first-order valence-electron chi connectivity index (χ1n) is 12.9. The number of rotatable bonds is 11. The van der Waals surface area contributed by atoms with Crippen molar-refractivity contribution in [2.24, 2.45) is 5.41 Å². The van der Waals surface area contributed by atoms with E-state index in [2.05, 4.69) is 20.3 Å². The molecule has 0 aliphatic carbocycles. The first kappa shape index (κ1) is 31.7. The maximum atomic E-state index is 13.3. The molecule has 4 rings (SSSR count). The molecule has 0 saturated carbocycles. The van der Waals surface area contributed by atoms with Gasteiger partial charge in [-0.2, -0.15) is 9.97 Å². The molecule has 2 aromatic heterocycles. The number of thioether (sulfide) groups is 1. The monoisotopic (exact) mass is 636 g/mol. The maximum Gasteiger partial charge on any atom is 0.475 e. The number of alkyl halides is 1. The molecular formula is C23H34ClN6O9PS. The van der Waals surface area contributed by atoms with E-state index in [-0.39, 0.29) is 49.1 Å². The molecule has 3 N–H and O–H groups in total. The minimum Gasteiger partial charge on any atom is -0.476 e. The highest BCUT2D eigenvalue weighted by atomic mass is 35.5. The number of carbonyl (C=O) groups excluding carboxylic acids is 2. The van der Waals surface area contributed by atoms with Gasteiger partial charge >= 0.3 is 13.9 Å². The van der Waals surface area contributed by atoms with Crippen LogP contribution in [0.1, 0.15) is 40.8 Å². The Bertz CT molecular complexity index is 1330. The molecule has 2 fully saturated rings. The number of anilines is 1. The van der Waals surface area contributed by atoms with E-state index >= 15 is 0 Å². The van der Waals surface area contributed by atoms with Gasteiger partial charge in [-0.05, 0) is 20.8 Å². The predicted molar refractivity (Wildman–Crippen MR) is 150 cm³/mol. The lowest BCUT2D eigenvalue weighted by atomic mass is 9.96. The molecule has 0 unspecified atom stereocenters. The number of hydrogen-bond acceptors (Lipinski definition) is 14. The number of nitrogens with two attached hydrogens (primary N) is 1. The molecule has 0 radical (unpaired) electrons. The zero-order valence-corrected chi connectivity index (χ0v) is 25.8. The number of hydrogen-bond donors (Lipinski definition) is 2. The third-order valence-corrected chi connectivity index (χ3v) is 9.37. The van der Waals surface area contributed by atoms with Crippen molar-refractivity contribution in [1.29, 1.82) is 0 Å². The van der Waals surface area contributed by atoms with E-state index in [0.29, 0.717) is 17.8 Å². The molecular weight excluding hydrogens is 603 g/mol. The Balaban J connectivity index is 1.36. The Morgan fingerprint density at radius 2 is 2.10 bits per heavy atom. The number of nitrogens with one attached hydrogen (secondary N) is 1. The van der Waals surface area contributed by atoms with Crippen LogP contribution in [0, 0.1) is 5.41 Å². The van der Waals surface area contributed by atoms with Gasteiger partial charge in [0.2, 0.25) is 11.8 Å². The first-order valence-corrected chi connectivity index (χ1v) is 15.8. The molecule has 2 aliphatic rings. The number of phosphoric acid groups is 1. The van der Waals surface area contributed by atoms with Gasteiger partial charge in [0.05, 0.1) is 38.2 Å². The van der Waals surface area contributed by atoms with Gasteiger partial charge in [0.15, 0.2) is 22.5 Å². The average molecular weight is 637 g/mol. The predicted octanol–water partition coefficient (Wildman–Crippen LogP) is 3.27. The Morgan fingerprint density at radius 1 is 1.34 bits per heavy atom. The number of nitrogen functional groups attached to an aromatic ring is 1. The molecule has 0 aromatic carbocycles. The summed E-state index contributed by atoms with van der Waals surface area (Å²) in [5, 5.41) is 2.37. The van der Waals surface area contributed by atoms with Crippen LogP contribution in [0.2, 0.25) is 0 Å². The van der Waals surface area contributed by atoms with Crippen LogP contribution in [0.5, 0.6) is 5.88 Å². The number of imidazole rings is 1. The van der Waals surface area contributed by atoms with Crippen LogP contribution in [-0.4, -0.2) is 86.5 Å². The summed E-state index contributed by atoms with van der Waals surface area (Å²) in [5.41, 5.74) is 5.75. The standard InChI is InChI=1S/C23H34ClN6O9PS/c1-6-34-17-14-16(28-20(25)29-17)30(12-27-14)18-23(5,24)15-13(38-18)10-37-40(33,39-15)36-8-9-41-19(31)22(3,4)11-26-21(32)35-7-2/h12-13,15,18H,6-11H2,1-5H3,(H,26,32)(H2,25,28,29)/t13-,15-,18-,23-,40+/m1/s1. The van der Waals surface area contributed by atoms with Crippen LogP contribution < -0.4 is 15.8 Å². The van der Waals surface area contributed by atoms with Crippen molar-refractivity contribution in [3.63, 3.8) is 0 Å². The van der Waals surface area contributed by atoms with E-state index in [0.717, 1.165) is 11.8 Å². The van der Waals surface area contributed by atoms with Crippen LogP contribution in [0.4, 0.5) is 10.7 Å². The zero-order chi connectivity index (χ0) is 30.0. The van der Waals surface area contributed by atoms with Gasteiger partial charge in [0, 0.05) is 12.3 Å². The summed E-state index contributed by atoms with van der Waals surface area (Å²) in [4.78, 5) is 35.7. The maximum absolute atomic E-state index is 13.3. The van der Waals surface area contributed by atoms with Crippen molar-refractivity contribution in [3.05, 3.63) is 6.33 Å². The van der Waals surface area contributed by atoms with E-state index in [1.54, 1.807) is 32.3 Å². The summed E-state index contributed by atoms with van der Waals surface area (Å²) in [6.45, 7) is 9.05. The molecule has 0 spiro atoms. The summed E-state index contributed by atoms with van der Waals surface area (Å²) < 4.78 is 48.1. The highest BCUT2D eigenvalue weighted by Crippen LogP contribution is 2.60. The van der Waals surface area contributed by atoms with E-state index in [1.807, 2.05) is 6.92 Å². The normalized spacial score (nSPS) is 27.9. The Labute approximate surface area is 246 Å². The summed E-state index contributed by atoms with van der Waals surface area (Å²) in [6.07, 6.45) is -1.50. The van der Waals surface area contributed by atoms with Crippen molar-refractivity contribution in [2.45, 2.75) is 57.9 Å². The summed E-state index contributed by atoms with van der Waals surface area (Å²) >= 11 is 7.95. The van der Waals surface area contributed by atoms with Crippen LogP contribution in [0.3, 0.4) is 0 Å². The smallest absolute Gasteiger partial charge is 0.475 e. The Morgan fingerprint density at radius 3 is 2.80 bits per heavy atom. The van der Waals surface area contributed by atoms with Gasteiger partial charge in [0.25, 0.3) is 0 Å². The van der Waals surface area contributed by atoms with Crippen molar-refractivity contribution in [2.75, 3.05) is 44.5 Å². The zero-order valence-electron chi connectivity index (χ0n) is 23.3. The summed E-state index contributed by atoms with van der Waals surface area (Å²) in [5.74, 6) is 0.392. The molecule has 1 amide bonds. The minimum absolute atomic E-state index is 0.0122. The lowest BCUT2D eigenvalue weighted by Gasteiger charge is -2.34. The van der Waals surface area contributed by atoms with Gasteiger partial charge in [-0.3, -0.25) is 22.9 Å². The van der Waals surface area contributed by atoms with Crippen molar-refractivity contribution in [3.8, 4) is 5.88 Å². The van der Waals surface area contributed by atoms with Crippen LogP contribution >= 0.6 is 31.2 Å². The SMILES string of the molecule is CCOC(=O)NCC(C)(C)C(=O)SCCO[P@@]1(=O)OC[C@H]2O[C@@H](n3cnc4c(OCC)nc(N)nc43)[C@](C)(Cl)[C@@H]2O1. The van der Waals surface area contributed by atoms with Gasteiger partial charge in [-0.25, -0.2) is 14.3 Å². The first-order chi connectivity index (χ1) is 19.3. The lowest BCUT2D eigenvalue weighted by Crippen LogP contribution is -2.44. The number of alkyl carbamates (subject to hydrolysis) is 1. The third-order valence-electron chi connectivity index (χ3n) is 6.33. The van der Waals surface area contributed by atoms with Gasteiger partial charge in [0.1, 0.15) is 17.1 Å². The highest BCUT2D eigenvalue weighted by molar-refractivity contribution is 8.13. The largest absolute Gasteiger partial charge is 0.476 e. The van der Waals surface area contributed by atoms with E-state index in [9.17, 15) is 14.2 Å². The average Bonchev–Trinajstić information content (AvgIpc) is 3.43. The van der Waals surface area contributed by atoms with Crippen molar-refractivity contribution in [1.82, 2.24) is 24.8 Å². The number of ether oxygens (including phenoxy) is 3. The van der Waals surface area contributed by atoms with Gasteiger partial charge in [-0.15, -0.1) is 11.6 Å². The van der Waals surface area contributed by atoms with E-state index in [1.165, 1.54) is 6.33 Å². The van der Waals surface area contributed by atoms with Gasteiger partial charge in [-0.1, -0.05) is 25.6 Å². The number of halogens is 1. The van der Waals surface area contributed by atoms with E-state index < -0.39 is 42.6 Å². The fourth-order valence-corrected chi connectivity index (χ4v) is 7.07. The molecule has 5 atom stereocenters. The molecule has 2 aliphatic heterocycles. The quantitative estimate of drug-likeness (QED) is 0.208. The minimum atomic E-state index is -4.03. The molecule has 4 heterocycles.